The Morgan fingerprint density at radius 1 is 1.29 bits per heavy atom. The Bertz CT molecular complexity index is 406. The van der Waals surface area contributed by atoms with Gasteiger partial charge in [0.25, 0.3) is 0 Å². The minimum atomic E-state index is -0.587. The van der Waals surface area contributed by atoms with Crippen LogP contribution in [0, 0.1) is 0 Å². The Hall–Kier alpha value is -1.61. The summed E-state index contributed by atoms with van der Waals surface area (Å²) in [6, 6.07) is 11.4. The lowest BCUT2D eigenvalue weighted by molar-refractivity contribution is 0.188. The van der Waals surface area contributed by atoms with Crippen molar-refractivity contribution in [2.75, 3.05) is 0 Å². The van der Waals surface area contributed by atoms with Crippen LogP contribution >= 0.6 is 0 Å². The number of aliphatic hydroxyl groups is 1. The summed E-state index contributed by atoms with van der Waals surface area (Å²) >= 11 is 0. The number of aliphatic hydroxyl groups excluding tert-OH is 1. The highest BCUT2D eigenvalue weighted by atomic mass is 16.5. The first kappa shape index (κ1) is 8.97. The molecule has 0 unspecified atom stereocenters. The maximum atomic E-state index is 9.26. The van der Waals surface area contributed by atoms with E-state index in [0.717, 1.165) is 5.56 Å². The smallest absolute Gasteiger partial charge is 0.167 e. The van der Waals surface area contributed by atoms with E-state index in [1.54, 1.807) is 13.0 Å². The van der Waals surface area contributed by atoms with Crippen LogP contribution in [0.1, 0.15) is 18.7 Å². The van der Waals surface area contributed by atoms with E-state index in [2.05, 4.69) is 5.16 Å². The third-order valence-corrected chi connectivity index (χ3v) is 2.01. The highest BCUT2D eigenvalue weighted by Crippen LogP contribution is 2.22. The van der Waals surface area contributed by atoms with Crippen LogP contribution in [0.2, 0.25) is 0 Å². The molecule has 0 saturated carbocycles. The van der Waals surface area contributed by atoms with Crippen LogP contribution in [0.3, 0.4) is 0 Å². The monoisotopic (exact) mass is 189 g/mol. The topological polar surface area (TPSA) is 46.3 Å². The third kappa shape index (κ3) is 1.67. The Morgan fingerprint density at radius 3 is 2.57 bits per heavy atom. The molecule has 2 rings (SSSR count). The molecule has 1 heterocycles. The van der Waals surface area contributed by atoms with Crippen molar-refractivity contribution in [3.8, 4) is 11.3 Å². The lowest BCUT2D eigenvalue weighted by atomic mass is 10.1. The minimum Gasteiger partial charge on any atom is -0.387 e. The number of aromatic nitrogens is 1. The van der Waals surface area contributed by atoms with Gasteiger partial charge in [-0.15, -0.1) is 0 Å². The average molecular weight is 189 g/mol. The summed E-state index contributed by atoms with van der Waals surface area (Å²) in [5.74, 6) is 0.682. The molecule has 0 saturated heterocycles. The summed E-state index contributed by atoms with van der Waals surface area (Å²) in [7, 11) is 0. The molecule has 14 heavy (non-hydrogen) atoms. The number of nitrogens with zero attached hydrogens (tertiary/aromatic N) is 1. The number of benzene rings is 1. The molecule has 0 aliphatic rings. The van der Waals surface area contributed by atoms with Gasteiger partial charge in [-0.3, -0.25) is 0 Å². The van der Waals surface area contributed by atoms with Gasteiger partial charge in [0.1, 0.15) is 5.69 Å². The van der Waals surface area contributed by atoms with Crippen LogP contribution < -0.4 is 0 Å². The number of hydrogen-bond donors (Lipinski definition) is 1. The Morgan fingerprint density at radius 2 is 2.00 bits per heavy atom. The van der Waals surface area contributed by atoms with Crippen LogP contribution in [0.4, 0.5) is 0 Å². The van der Waals surface area contributed by atoms with Crippen molar-refractivity contribution in [3.63, 3.8) is 0 Å². The SMILES string of the molecule is C[C@H](O)c1cc(-c2ccccc2)on1. The van der Waals surface area contributed by atoms with E-state index in [4.69, 9.17) is 4.52 Å². The maximum absolute atomic E-state index is 9.26. The summed E-state index contributed by atoms with van der Waals surface area (Å²) in [5, 5.41) is 13.0. The van der Waals surface area contributed by atoms with Crippen molar-refractivity contribution in [1.29, 1.82) is 0 Å². The summed E-state index contributed by atoms with van der Waals surface area (Å²) in [4.78, 5) is 0. The molecular formula is C11H11NO2. The van der Waals surface area contributed by atoms with E-state index in [1.165, 1.54) is 0 Å². The predicted molar refractivity (Wildman–Crippen MR) is 52.6 cm³/mol. The Labute approximate surface area is 82.0 Å². The van der Waals surface area contributed by atoms with E-state index >= 15 is 0 Å². The molecule has 72 valence electrons. The Kier molecular flexibility index (Phi) is 2.33. The van der Waals surface area contributed by atoms with Crippen LogP contribution in [-0.2, 0) is 0 Å². The van der Waals surface area contributed by atoms with Crippen molar-refractivity contribution >= 4 is 0 Å². The van der Waals surface area contributed by atoms with Gasteiger partial charge < -0.3 is 9.63 Å². The van der Waals surface area contributed by atoms with Crippen LogP contribution in [0.15, 0.2) is 40.9 Å². The van der Waals surface area contributed by atoms with Gasteiger partial charge in [-0.25, -0.2) is 0 Å². The highest BCUT2D eigenvalue weighted by molar-refractivity contribution is 5.56. The van der Waals surface area contributed by atoms with Crippen LogP contribution in [-0.4, -0.2) is 10.3 Å². The summed E-state index contributed by atoms with van der Waals surface area (Å²) in [6.45, 7) is 1.66. The van der Waals surface area contributed by atoms with Gasteiger partial charge in [-0.1, -0.05) is 35.5 Å². The third-order valence-electron chi connectivity index (χ3n) is 2.01. The van der Waals surface area contributed by atoms with E-state index in [1.807, 2.05) is 30.3 Å². The molecule has 1 N–H and O–H groups in total. The molecule has 3 heteroatoms. The second-order valence-corrected chi connectivity index (χ2v) is 3.16. The van der Waals surface area contributed by atoms with Crippen molar-refractivity contribution in [3.05, 3.63) is 42.1 Å². The van der Waals surface area contributed by atoms with Crippen molar-refractivity contribution in [2.45, 2.75) is 13.0 Å². The fourth-order valence-corrected chi connectivity index (χ4v) is 1.22. The zero-order valence-corrected chi connectivity index (χ0v) is 7.84. The fraction of sp³-hybridized carbons (Fsp3) is 0.182. The largest absolute Gasteiger partial charge is 0.387 e. The molecule has 3 nitrogen and oxygen atoms in total. The molecule has 0 aliphatic carbocycles. The number of rotatable bonds is 2. The molecule has 1 atom stereocenters. The molecule has 0 spiro atoms. The van der Waals surface area contributed by atoms with E-state index < -0.39 is 6.10 Å². The first-order valence-corrected chi connectivity index (χ1v) is 4.47. The summed E-state index contributed by atoms with van der Waals surface area (Å²) < 4.78 is 5.10. The fourth-order valence-electron chi connectivity index (χ4n) is 1.22. The van der Waals surface area contributed by atoms with Crippen LogP contribution in [0.5, 0.6) is 0 Å². The van der Waals surface area contributed by atoms with Crippen molar-refractivity contribution in [2.24, 2.45) is 0 Å². The van der Waals surface area contributed by atoms with E-state index in [0.29, 0.717) is 11.5 Å². The van der Waals surface area contributed by atoms with Gasteiger partial charge in [0.15, 0.2) is 5.76 Å². The second kappa shape index (κ2) is 3.64. The van der Waals surface area contributed by atoms with Crippen molar-refractivity contribution in [1.82, 2.24) is 5.16 Å². The zero-order valence-electron chi connectivity index (χ0n) is 7.84. The molecular weight excluding hydrogens is 178 g/mol. The van der Waals surface area contributed by atoms with Crippen molar-refractivity contribution < 1.29 is 9.63 Å². The highest BCUT2D eigenvalue weighted by Gasteiger charge is 2.09. The van der Waals surface area contributed by atoms with E-state index in [-0.39, 0.29) is 0 Å². The molecule has 0 bridgehead atoms. The van der Waals surface area contributed by atoms with Crippen LogP contribution in [0.25, 0.3) is 11.3 Å². The van der Waals surface area contributed by atoms with E-state index in [9.17, 15) is 5.11 Å². The normalized spacial score (nSPS) is 12.7. The van der Waals surface area contributed by atoms with Gasteiger partial charge in [0.05, 0.1) is 6.10 Å². The van der Waals surface area contributed by atoms with Gasteiger partial charge in [-0.05, 0) is 6.92 Å². The van der Waals surface area contributed by atoms with Gasteiger partial charge in [0.2, 0.25) is 0 Å². The first-order valence-electron chi connectivity index (χ1n) is 4.47. The van der Waals surface area contributed by atoms with Gasteiger partial charge in [-0.2, -0.15) is 0 Å². The standard InChI is InChI=1S/C11H11NO2/c1-8(13)10-7-11(14-12-10)9-5-3-2-4-6-9/h2-8,13H,1H3/t8-/m0/s1. The molecule has 1 aromatic carbocycles. The van der Waals surface area contributed by atoms with Gasteiger partial charge in [0, 0.05) is 11.6 Å². The molecule has 0 fully saturated rings. The van der Waals surface area contributed by atoms with Gasteiger partial charge >= 0.3 is 0 Å². The molecule has 1 aromatic heterocycles. The second-order valence-electron chi connectivity index (χ2n) is 3.16. The predicted octanol–water partition coefficient (Wildman–Crippen LogP) is 2.39. The minimum absolute atomic E-state index is 0.559. The zero-order chi connectivity index (χ0) is 9.97. The maximum Gasteiger partial charge on any atom is 0.167 e. The quantitative estimate of drug-likeness (QED) is 0.789. The lowest BCUT2D eigenvalue weighted by Gasteiger charge is -1.93. The summed E-state index contributed by atoms with van der Waals surface area (Å²) in [6.07, 6.45) is -0.587. The molecule has 0 radical (unpaired) electrons. The average Bonchev–Trinajstić information content (AvgIpc) is 2.68. The Balaban J connectivity index is 2.34. The summed E-state index contributed by atoms with van der Waals surface area (Å²) in [5.41, 5.74) is 1.52. The lowest BCUT2D eigenvalue weighted by Crippen LogP contribution is -1.88. The molecule has 0 amide bonds. The molecule has 2 aromatic rings. The molecule has 0 aliphatic heterocycles. The number of hydrogen-bond acceptors (Lipinski definition) is 3. The first-order chi connectivity index (χ1) is 6.77.